The monoisotopic (exact) mass is 327 g/mol. The van der Waals surface area contributed by atoms with Crippen LogP contribution in [0.3, 0.4) is 0 Å². The first-order valence-corrected chi connectivity index (χ1v) is 9.03. The number of carbonyl (C=O) groups excluding carboxylic acids is 1. The van der Waals surface area contributed by atoms with E-state index in [9.17, 15) is 4.79 Å². The second kappa shape index (κ2) is 9.44. The molecular formula is C20H29N3O. The first kappa shape index (κ1) is 18.5. The molecule has 130 valence electrons. The summed E-state index contributed by atoms with van der Waals surface area (Å²) in [5, 5.41) is 9.10. The van der Waals surface area contributed by atoms with Crippen molar-refractivity contribution in [1.82, 2.24) is 9.80 Å². The van der Waals surface area contributed by atoms with Crippen molar-refractivity contribution in [3.63, 3.8) is 0 Å². The second-order valence-corrected chi connectivity index (χ2v) is 7.06. The summed E-state index contributed by atoms with van der Waals surface area (Å²) in [5.41, 5.74) is 1.34. The Balaban J connectivity index is 1.91. The van der Waals surface area contributed by atoms with E-state index in [1.54, 1.807) is 0 Å². The molecule has 1 atom stereocenters. The summed E-state index contributed by atoms with van der Waals surface area (Å²) in [7, 11) is 0. The molecule has 1 fully saturated rings. The van der Waals surface area contributed by atoms with Crippen LogP contribution in [0.25, 0.3) is 0 Å². The summed E-state index contributed by atoms with van der Waals surface area (Å²) in [6.07, 6.45) is 2.93. The van der Waals surface area contributed by atoms with Crippen molar-refractivity contribution >= 4 is 5.91 Å². The van der Waals surface area contributed by atoms with E-state index in [-0.39, 0.29) is 11.9 Å². The van der Waals surface area contributed by atoms with Crippen LogP contribution in [0.4, 0.5) is 0 Å². The van der Waals surface area contributed by atoms with Crippen molar-refractivity contribution in [2.75, 3.05) is 26.2 Å². The van der Waals surface area contributed by atoms with Crippen LogP contribution in [-0.4, -0.2) is 47.9 Å². The van der Waals surface area contributed by atoms with Crippen LogP contribution in [-0.2, 0) is 11.2 Å². The number of carbonyl (C=O) groups is 1. The number of hydrogen-bond donors (Lipinski definition) is 0. The molecule has 4 heteroatoms. The van der Waals surface area contributed by atoms with Crippen molar-refractivity contribution < 1.29 is 4.79 Å². The minimum absolute atomic E-state index is 0.0663. The lowest BCUT2D eigenvalue weighted by molar-refractivity contribution is -0.132. The van der Waals surface area contributed by atoms with Gasteiger partial charge in [-0.25, -0.2) is 0 Å². The van der Waals surface area contributed by atoms with Gasteiger partial charge in [0.1, 0.15) is 0 Å². The predicted molar refractivity (Wildman–Crippen MR) is 96.4 cm³/mol. The fourth-order valence-corrected chi connectivity index (χ4v) is 3.40. The van der Waals surface area contributed by atoms with Gasteiger partial charge in [0.05, 0.1) is 12.5 Å². The molecule has 0 N–H and O–H groups in total. The summed E-state index contributed by atoms with van der Waals surface area (Å²) < 4.78 is 0. The number of benzene rings is 1. The fourth-order valence-electron chi connectivity index (χ4n) is 3.40. The van der Waals surface area contributed by atoms with E-state index in [1.807, 2.05) is 11.0 Å². The lowest BCUT2D eigenvalue weighted by Gasteiger charge is -2.30. The Morgan fingerprint density at radius 1 is 1.17 bits per heavy atom. The van der Waals surface area contributed by atoms with Crippen LogP contribution in [0, 0.1) is 17.2 Å². The van der Waals surface area contributed by atoms with Gasteiger partial charge in [0, 0.05) is 38.6 Å². The zero-order valence-corrected chi connectivity index (χ0v) is 14.9. The van der Waals surface area contributed by atoms with Gasteiger partial charge in [-0.1, -0.05) is 44.2 Å². The van der Waals surface area contributed by atoms with E-state index in [1.165, 1.54) is 5.56 Å². The SMILES string of the molecule is CC(C)CC(CC#N)N1CCN(CCc2ccccc2)CCC1=O. The van der Waals surface area contributed by atoms with Crippen LogP contribution in [0.15, 0.2) is 30.3 Å². The summed E-state index contributed by atoms with van der Waals surface area (Å²) in [5.74, 6) is 0.701. The van der Waals surface area contributed by atoms with E-state index >= 15 is 0 Å². The molecule has 1 aliphatic rings. The van der Waals surface area contributed by atoms with E-state index in [0.29, 0.717) is 18.8 Å². The summed E-state index contributed by atoms with van der Waals surface area (Å²) >= 11 is 0. The van der Waals surface area contributed by atoms with E-state index < -0.39 is 0 Å². The standard InChI is InChI=1S/C20H29N3O/c1-17(2)16-19(8-11-21)23-15-14-22(13-10-20(23)24)12-9-18-6-4-3-5-7-18/h3-7,17,19H,8-10,12-16H2,1-2H3. The molecule has 4 nitrogen and oxygen atoms in total. The van der Waals surface area contributed by atoms with Crippen LogP contribution >= 0.6 is 0 Å². The third-order valence-electron chi connectivity index (χ3n) is 4.69. The number of nitrogens with zero attached hydrogens (tertiary/aromatic N) is 3. The topological polar surface area (TPSA) is 47.3 Å². The zero-order valence-electron chi connectivity index (χ0n) is 14.9. The van der Waals surface area contributed by atoms with Crippen molar-refractivity contribution in [2.24, 2.45) is 5.92 Å². The lowest BCUT2D eigenvalue weighted by Crippen LogP contribution is -2.42. The molecule has 1 aliphatic heterocycles. The largest absolute Gasteiger partial charge is 0.337 e. The Morgan fingerprint density at radius 2 is 1.92 bits per heavy atom. The van der Waals surface area contributed by atoms with E-state index in [4.69, 9.17) is 5.26 Å². The van der Waals surface area contributed by atoms with Gasteiger partial charge in [0.2, 0.25) is 5.91 Å². The first-order valence-electron chi connectivity index (χ1n) is 9.03. The van der Waals surface area contributed by atoms with Crippen molar-refractivity contribution in [3.8, 4) is 6.07 Å². The smallest absolute Gasteiger partial charge is 0.224 e. The molecule has 0 aliphatic carbocycles. The highest BCUT2D eigenvalue weighted by molar-refractivity contribution is 5.77. The van der Waals surface area contributed by atoms with Crippen LogP contribution in [0.1, 0.15) is 38.7 Å². The molecular weight excluding hydrogens is 298 g/mol. The highest BCUT2D eigenvalue weighted by Crippen LogP contribution is 2.18. The third-order valence-corrected chi connectivity index (χ3v) is 4.69. The summed E-state index contributed by atoms with van der Waals surface area (Å²) in [6, 6.07) is 12.8. The molecule has 0 aromatic heterocycles. The van der Waals surface area contributed by atoms with Crippen LogP contribution < -0.4 is 0 Å². The number of nitriles is 1. The van der Waals surface area contributed by atoms with Crippen LogP contribution in [0.2, 0.25) is 0 Å². The van der Waals surface area contributed by atoms with Gasteiger partial charge >= 0.3 is 0 Å². The second-order valence-electron chi connectivity index (χ2n) is 7.06. The average molecular weight is 327 g/mol. The Bertz CT molecular complexity index is 550. The Hall–Kier alpha value is -1.86. The predicted octanol–water partition coefficient (Wildman–Crippen LogP) is 3.09. The average Bonchev–Trinajstić information content (AvgIpc) is 2.75. The Morgan fingerprint density at radius 3 is 2.58 bits per heavy atom. The Labute approximate surface area is 146 Å². The highest BCUT2D eigenvalue weighted by atomic mass is 16.2. The molecule has 1 saturated heterocycles. The molecule has 1 aromatic carbocycles. The molecule has 1 aromatic rings. The van der Waals surface area contributed by atoms with Crippen molar-refractivity contribution in [1.29, 1.82) is 5.26 Å². The Kier molecular flexibility index (Phi) is 7.27. The van der Waals surface area contributed by atoms with Gasteiger partial charge in [-0.05, 0) is 24.3 Å². The minimum Gasteiger partial charge on any atom is -0.337 e. The summed E-state index contributed by atoms with van der Waals surface area (Å²) in [6.45, 7) is 7.75. The molecule has 0 saturated carbocycles. The minimum atomic E-state index is 0.0663. The maximum atomic E-state index is 12.5. The third kappa shape index (κ3) is 5.65. The van der Waals surface area contributed by atoms with Gasteiger partial charge in [0.15, 0.2) is 0 Å². The first-order chi connectivity index (χ1) is 11.6. The molecule has 0 radical (unpaired) electrons. The van der Waals surface area contributed by atoms with E-state index in [2.05, 4.69) is 49.1 Å². The number of amides is 1. The molecule has 0 spiro atoms. The van der Waals surface area contributed by atoms with Crippen LogP contribution in [0.5, 0.6) is 0 Å². The lowest BCUT2D eigenvalue weighted by atomic mass is 10.00. The fraction of sp³-hybridized carbons (Fsp3) is 0.600. The van der Waals surface area contributed by atoms with Gasteiger partial charge in [-0.2, -0.15) is 5.26 Å². The maximum Gasteiger partial charge on any atom is 0.224 e. The highest BCUT2D eigenvalue weighted by Gasteiger charge is 2.27. The van der Waals surface area contributed by atoms with Gasteiger partial charge in [-0.3, -0.25) is 4.79 Å². The number of hydrogen-bond acceptors (Lipinski definition) is 3. The molecule has 0 bridgehead atoms. The normalized spacial score (nSPS) is 17.6. The maximum absolute atomic E-state index is 12.5. The van der Waals surface area contributed by atoms with E-state index in [0.717, 1.165) is 39.0 Å². The molecule has 1 heterocycles. The van der Waals surface area contributed by atoms with Crippen molar-refractivity contribution in [3.05, 3.63) is 35.9 Å². The number of rotatable bonds is 7. The quantitative estimate of drug-likeness (QED) is 0.773. The van der Waals surface area contributed by atoms with Gasteiger partial charge in [-0.15, -0.1) is 0 Å². The zero-order chi connectivity index (χ0) is 17.4. The molecule has 1 unspecified atom stereocenters. The molecule has 1 amide bonds. The molecule has 2 rings (SSSR count). The summed E-state index contributed by atoms with van der Waals surface area (Å²) in [4.78, 5) is 16.9. The van der Waals surface area contributed by atoms with Gasteiger partial charge in [0.25, 0.3) is 0 Å². The molecule has 24 heavy (non-hydrogen) atoms. The van der Waals surface area contributed by atoms with Gasteiger partial charge < -0.3 is 9.80 Å². The van der Waals surface area contributed by atoms with Crippen molar-refractivity contribution in [2.45, 2.75) is 45.6 Å².